The molecule has 0 spiro atoms. The van der Waals surface area contributed by atoms with Crippen LogP contribution >= 0.6 is 0 Å². The van der Waals surface area contributed by atoms with E-state index in [0.717, 1.165) is 12.8 Å². The fraction of sp³-hybridized carbons (Fsp3) is 0.778. The van der Waals surface area contributed by atoms with Crippen molar-refractivity contribution < 1.29 is 14.3 Å². The molecule has 0 bridgehead atoms. The number of esters is 1. The minimum Gasteiger partial charge on any atom is -0.468 e. The van der Waals surface area contributed by atoms with E-state index in [0.29, 0.717) is 13.1 Å². The molecule has 0 saturated carbocycles. The molecule has 1 atom stereocenters. The van der Waals surface area contributed by atoms with Crippen LogP contribution in [0.25, 0.3) is 0 Å². The second-order valence-corrected chi connectivity index (χ2v) is 3.41. The lowest BCUT2D eigenvalue weighted by atomic mass is 9.97. The van der Waals surface area contributed by atoms with Gasteiger partial charge < -0.3 is 15.4 Å². The Morgan fingerprint density at radius 2 is 2.43 bits per heavy atom. The molecule has 1 rings (SSSR count). The van der Waals surface area contributed by atoms with E-state index >= 15 is 0 Å². The van der Waals surface area contributed by atoms with Gasteiger partial charge in [0.2, 0.25) is 5.91 Å². The van der Waals surface area contributed by atoms with Gasteiger partial charge in [-0.25, -0.2) is 0 Å². The van der Waals surface area contributed by atoms with E-state index in [1.54, 1.807) is 0 Å². The van der Waals surface area contributed by atoms with Crippen molar-refractivity contribution in [1.82, 2.24) is 4.90 Å². The van der Waals surface area contributed by atoms with E-state index in [4.69, 9.17) is 5.73 Å². The first kappa shape index (κ1) is 11.0. The molecule has 80 valence electrons. The summed E-state index contributed by atoms with van der Waals surface area (Å²) in [4.78, 5) is 24.1. The van der Waals surface area contributed by atoms with Crippen LogP contribution in [0, 0.1) is 5.92 Å². The lowest BCUT2D eigenvalue weighted by Crippen LogP contribution is -2.46. The third-order valence-corrected chi connectivity index (χ3v) is 2.47. The summed E-state index contributed by atoms with van der Waals surface area (Å²) in [6, 6.07) is 0. The van der Waals surface area contributed by atoms with Crippen molar-refractivity contribution in [2.75, 3.05) is 26.7 Å². The maximum Gasteiger partial charge on any atom is 0.325 e. The van der Waals surface area contributed by atoms with Crippen molar-refractivity contribution in [2.24, 2.45) is 11.7 Å². The normalized spacial score (nSPS) is 22.3. The summed E-state index contributed by atoms with van der Waals surface area (Å²) < 4.78 is 4.51. The Bertz CT molecular complexity index is 230. The van der Waals surface area contributed by atoms with Crippen LogP contribution in [0.2, 0.25) is 0 Å². The van der Waals surface area contributed by atoms with E-state index in [1.807, 2.05) is 0 Å². The third-order valence-electron chi connectivity index (χ3n) is 2.47. The zero-order valence-corrected chi connectivity index (χ0v) is 8.36. The number of methoxy groups -OCH3 is 1. The number of piperidine rings is 1. The number of hydrogen-bond donors (Lipinski definition) is 1. The Morgan fingerprint density at radius 3 is 3.00 bits per heavy atom. The quantitative estimate of drug-likeness (QED) is 0.615. The molecule has 5 nitrogen and oxygen atoms in total. The Balaban J connectivity index is 2.52. The SMILES string of the molecule is COC(=O)CN1CCCC(CN)C1=O. The van der Waals surface area contributed by atoms with Gasteiger partial charge in [-0.05, 0) is 12.8 Å². The summed E-state index contributed by atoms with van der Waals surface area (Å²) in [5.41, 5.74) is 5.46. The van der Waals surface area contributed by atoms with Gasteiger partial charge in [0.25, 0.3) is 0 Å². The van der Waals surface area contributed by atoms with Gasteiger partial charge in [0.15, 0.2) is 0 Å². The number of carbonyl (C=O) groups excluding carboxylic acids is 2. The first-order valence-corrected chi connectivity index (χ1v) is 4.74. The van der Waals surface area contributed by atoms with E-state index in [1.165, 1.54) is 12.0 Å². The molecule has 2 N–H and O–H groups in total. The van der Waals surface area contributed by atoms with Gasteiger partial charge in [-0.3, -0.25) is 9.59 Å². The first-order valence-electron chi connectivity index (χ1n) is 4.74. The van der Waals surface area contributed by atoms with Crippen LogP contribution in [0.5, 0.6) is 0 Å². The Kier molecular flexibility index (Phi) is 3.88. The van der Waals surface area contributed by atoms with Crippen LogP contribution in [0.1, 0.15) is 12.8 Å². The Morgan fingerprint density at radius 1 is 1.71 bits per heavy atom. The molecule has 14 heavy (non-hydrogen) atoms. The molecule has 1 saturated heterocycles. The van der Waals surface area contributed by atoms with Crippen molar-refractivity contribution in [3.05, 3.63) is 0 Å². The molecule has 0 aromatic carbocycles. The lowest BCUT2D eigenvalue weighted by molar-refractivity contribution is -0.150. The molecule has 1 amide bonds. The van der Waals surface area contributed by atoms with Crippen molar-refractivity contribution >= 4 is 11.9 Å². The molecule has 1 aliphatic heterocycles. The van der Waals surface area contributed by atoms with Crippen molar-refractivity contribution in [3.63, 3.8) is 0 Å². The summed E-state index contributed by atoms with van der Waals surface area (Å²) in [5, 5.41) is 0. The molecule has 0 aliphatic carbocycles. The monoisotopic (exact) mass is 200 g/mol. The van der Waals surface area contributed by atoms with Crippen molar-refractivity contribution in [2.45, 2.75) is 12.8 Å². The fourth-order valence-corrected chi connectivity index (χ4v) is 1.62. The molecule has 1 aliphatic rings. The molecule has 0 aromatic rings. The van der Waals surface area contributed by atoms with Gasteiger partial charge in [-0.15, -0.1) is 0 Å². The summed E-state index contributed by atoms with van der Waals surface area (Å²) in [7, 11) is 1.32. The average molecular weight is 200 g/mol. The molecule has 1 heterocycles. The third kappa shape index (κ3) is 2.45. The molecule has 1 unspecified atom stereocenters. The van der Waals surface area contributed by atoms with E-state index in [9.17, 15) is 9.59 Å². The largest absolute Gasteiger partial charge is 0.468 e. The zero-order chi connectivity index (χ0) is 10.6. The Hall–Kier alpha value is -1.10. The van der Waals surface area contributed by atoms with Crippen LogP contribution in [0.3, 0.4) is 0 Å². The van der Waals surface area contributed by atoms with Gasteiger partial charge in [-0.2, -0.15) is 0 Å². The predicted molar refractivity (Wildman–Crippen MR) is 50.4 cm³/mol. The lowest BCUT2D eigenvalue weighted by Gasteiger charge is -2.30. The minimum absolute atomic E-state index is 0.0239. The fourth-order valence-electron chi connectivity index (χ4n) is 1.62. The highest BCUT2D eigenvalue weighted by Gasteiger charge is 2.28. The van der Waals surface area contributed by atoms with E-state index in [-0.39, 0.29) is 24.3 Å². The van der Waals surface area contributed by atoms with Crippen molar-refractivity contribution in [3.8, 4) is 0 Å². The summed E-state index contributed by atoms with van der Waals surface area (Å²) in [6.07, 6.45) is 1.73. The van der Waals surface area contributed by atoms with Crippen LogP contribution < -0.4 is 5.73 Å². The first-order chi connectivity index (χ1) is 6.69. The number of rotatable bonds is 3. The van der Waals surface area contributed by atoms with Crippen LogP contribution in [0.4, 0.5) is 0 Å². The number of carbonyl (C=O) groups is 2. The maximum absolute atomic E-state index is 11.6. The molecule has 1 fully saturated rings. The minimum atomic E-state index is -0.379. The van der Waals surface area contributed by atoms with Gasteiger partial charge in [0.1, 0.15) is 6.54 Å². The topological polar surface area (TPSA) is 72.6 Å². The number of ether oxygens (including phenoxy) is 1. The zero-order valence-electron chi connectivity index (χ0n) is 8.36. The molecular formula is C9H16N2O3. The van der Waals surface area contributed by atoms with Gasteiger partial charge in [0, 0.05) is 13.1 Å². The smallest absolute Gasteiger partial charge is 0.325 e. The molecule has 5 heteroatoms. The standard InChI is InChI=1S/C9H16N2O3/c1-14-8(12)6-11-4-2-3-7(5-10)9(11)13/h7H,2-6,10H2,1H3. The number of likely N-dealkylation sites (tertiary alicyclic amines) is 1. The highest BCUT2D eigenvalue weighted by Crippen LogP contribution is 2.16. The molecule has 0 aromatic heterocycles. The summed E-state index contributed by atoms with van der Waals surface area (Å²) in [6.45, 7) is 1.03. The highest BCUT2D eigenvalue weighted by molar-refractivity contribution is 5.84. The number of nitrogens with zero attached hydrogens (tertiary/aromatic N) is 1. The van der Waals surface area contributed by atoms with Gasteiger partial charge >= 0.3 is 5.97 Å². The summed E-state index contributed by atoms with van der Waals surface area (Å²) >= 11 is 0. The van der Waals surface area contributed by atoms with Crippen LogP contribution in [0.15, 0.2) is 0 Å². The number of hydrogen-bond acceptors (Lipinski definition) is 4. The van der Waals surface area contributed by atoms with E-state index < -0.39 is 0 Å². The number of amides is 1. The second-order valence-electron chi connectivity index (χ2n) is 3.41. The molecular weight excluding hydrogens is 184 g/mol. The molecule has 0 radical (unpaired) electrons. The average Bonchev–Trinajstić information content (AvgIpc) is 2.21. The van der Waals surface area contributed by atoms with E-state index in [2.05, 4.69) is 4.74 Å². The maximum atomic E-state index is 11.6. The van der Waals surface area contributed by atoms with Crippen LogP contribution in [-0.2, 0) is 14.3 Å². The Labute approximate surface area is 83.2 Å². The van der Waals surface area contributed by atoms with Crippen LogP contribution in [-0.4, -0.2) is 43.5 Å². The van der Waals surface area contributed by atoms with Gasteiger partial charge in [-0.1, -0.05) is 0 Å². The summed E-state index contributed by atoms with van der Waals surface area (Å²) in [5.74, 6) is -0.520. The number of nitrogens with two attached hydrogens (primary N) is 1. The second kappa shape index (κ2) is 4.95. The predicted octanol–water partition coefficient (Wildman–Crippen LogP) is -0.643. The highest BCUT2D eigenvalue weighted by atomic mass is 16.5. The van der Waals surface area contributed by atoms with Gasteiger partial charge in [0.05, 0.1) is 13.0 Å². The van der Waals surface area contributed by atoms with Crippen molar-refractivity contribution in [1.29, 1.82) is 0 Å².